The molecule has 4 nitrogen and oxygen atoms in total. The van der Waals surface area contributed by atoms with Gasteiger partial charge in [0.1, 0.15) is 5.75 Å². The first-order valence-electron chi connectivity index (χ1n) is 6.52. The molecule has 21 heavy (non-hydrogen) atoms. The van der Waals surface area contributed by atoms with E-state index >= 15 is 0 Å². The van der Waals surface area contributed by atoms with Gasteiger partial charge in [0.2, 0.25) is 0 Å². The third kappa shape index (κ3) is 3.83. The molecule has 108 valence electrons. The van der Waals surface area contributed by atoms with Crippen LogP contribution in [-0.4, -0.2) is 16.7 Å². The second-order valence-corrected chi connectivity index (χ2v) is 4.79. The Morgan fingerprint density at radius 1 is 1.19 bits per heavy atom. The molecule has 2 aromatic carbocycles. The van der Waals surface area contributed by atoms with Gasteiger partial charge in [-0.2, -0.15) is 5.10 Å². The highest BCUT2D eigenvalue weighted by molar-refractivity contribution is 6.33. The molecule has 2 N–H and O–H groups in total. The van der Waals surface area contributed by atoms with Crippen LogP contribution in [0.15, 0.2) is 53.6 Å². The van der Waals surface area contributed by atoms with Gasteiger partial charge in [0.05, 0.1) is 16.3 Å². The van der Waals surface area contributed by atoms with E-state index < -0.39 is 0 Å². The molecule has 0 saturated carbocycles. The SMILES string of the molecule is CCC(=NNC(=O)c1ccccc1Cl)c1ccc(O)cc1. The molecule has 0 aliphatic rings. The molecule has 0 unspecified atom stereocenters. The Morgan fingerprint density at radius 2 is 1.86 bits per heavy atom. The van der Waals surface area contributed by atoms with Crippen LogP contribution in [0.3, 0.4) is 0 Å². The van der Waals surface area contributed by atoms with Crippen molar-refractivity contribution in [2.75, 3.05) is 0 Å². The third-order valence-corrected chi connectivity index (χ3v) is 3.28. The normalized spacial score (nSPS) is 11.2. The summed E-state index contributed by atoms with van der Waals surface area (Å²) >= 11 is 5.97. The first-order valence-corrected chi connectivity index (χ1v) is 6.90. The highest BCUT2D eigenvalue weighted by Gasteiger charge is 2.09. The lowest BCUT2D eigenvalue weighted by molar-refractivity contribution is 0.0955. The third-order valence-electron chi connectivity index (χ3n) is 2.95. The second-order valence-electron chi connectivity index (χ2n) is 4.38. The van der Waals surface area contributed by atoms with Crippen molar-refractivity contribution in [2.45, 2.75) is 13.3 Å². The molecule has 0 aliphatic carbocycles. The molecule has 0 atom stereocenters. The van der Waals surface area contributed by atoms with E-state index in [1.54, 1.807) is 48.5 Å². The molecule has 2 rings (SSSR count). The number of amides is 1. The Kier molecular flexibility index (Phi) is 4.95. The van der Waals surface area contributed by atoms with Crippen LogP contribution in [0.1, 0.15) is 29.3 Å². The zero-order valence-corrected chi connectivity index (χ0v) is 12.3. The van der Waals surface area contributed by atoms with Crippen molar-refractivity contribution in [1.29, 1.82) is 0 Å². The lowest BCUT2D eigenvalue weighted by Gasteiger charge is -2.06. The average Bonchev–Trinajstić information content (AvgIpc) is 2.49. The number of carbonyl (C=O) groups excluding carboxylic acids is 1. The summed E-state index contributed by atoms with van der Waals surface area (Å²) in [5.74, 6) is -0.167. The predicted molar refractivity (Wildman–Crippen MR) is 83.9 cm³/mol. The van der Waals surface area contributed by atoms with E-state index in [0.717, 1.165) is 11.3 Å². The summed E-state index contributed by atoms with van der Waals surface area (Å²) in [6, 6.07) is 13.5. The van der Waals surface area contributed by atoms with Gasteiger partial charge in [-0.25, -0.2) is 5.43 Å². The Morgan fingerprint density at radius 3 is 2.48 bits per heavy atom. The number of hydrogen-bond donors (Lipinski definition) is 2. The summed E-state index contributed by atoms with van der Waals surface area (Å²) in [7, 11) is 0. The molecule has 0 radical (unpaired) electrons. The van der Waals surface area contributed by atoms with Crippen LogP contribution < -0.4 is 5.43 Å². The van der Waals surface area contributed by atoms with Crippen LogP contribution in [0.5, 0.6) is 5.75 Å². The molecule has 0 aliphatic heterocycles. The van der Waals surface area contributed by atoms with E-state index in [1.807, 2.05) is 6.92 Å². The Labute approximate surface area is 128 Å². The fraction of sp³-hybridized carbons (Fsp3) is 0.125. The molecule has 0 aromatic heterocycles. The minimum atomic E-state index is -0.356. The van der Waals surface area contributed by atoms with Gasteiger partial charge in [-0.1, -0.05) is 30.7 Å². The highest BCUT2D eigenvalue weighted by atomic mass is 35.5. The largest absolute Gasteiger partial charge is 0.508 e. The topological polar surface area (TPSA) is 61.7 Å². The number of hydrogen-bond acceptors (Lipinski definition) is 3. The number of phenolic OH excluding ortho intramolecular Hbond substituents is 1. The van der Waals surface area contributed by atoms with E-state index in [1.165, 1.54) is 0 Å². The molecule has 0 heterocycles. The van der Waals surface area contributed by atoms with Crippen molar-refractivity contribution < 1.29 is 9.90 Å². The van der Waals surface area contributed by atoms with E-state index in [-0.39, 0.29) is 11.7 Å². The minimum absolute atomic E-state index is 0.189. The Bertz CT molecular complexity index is 666. The maximum absolute atomic E-state index is 12.0. The molecule has 5 heteroatoms. The summed E-state index contributed by atoms with van der Waals surface area (Å²) in [4.78, 5) is 12.0. The molecular weight excluding hydrogens is 288 g/mol. The van der Waals surface area contributed by atoms with Crippen LogP contribution in [-0.2, 0) is 0 Å². The van der Waals surface area contributed by atoms with Gasteiger partial charge in [-0.15, -0.1) is 0 Å². The smallest absolute Gasteiger partial charge is 0.272 e. The zero-order chi connectivity index (χ0) is 15.2. The molecule has 1 amide bonds. The number of benzene rings is 2. The van der Waals surface area contributed by atoms with Gasteiger partial charge >= 0.3 is 0 Å². The van der Waals surface area contributed by atoms with Crippen molar-refractivity contribution in [3.8, 4) is 5.75 Å². The molecule has 0 bridgehead atoms. The maximum atomic E-state index is 12.0. The molecule has 0 fully saturated rings. The predicted octanol–water partition coefficient (Wildman–Crippen LogP) is 3.59. The number of nitrogens with zero attached hydrogens (tertiary/aromatic N) is 1. The fourth-order valence-corrected chi connectivity index (χ4v) is 2.05. The van der Waals surface area contributed by atoms with Crippen LogP contribution in [0.4, 0.5) is 0 Å². The monoisotopic (exact) mass is 302 g/mol. The van der Waals surface area contributed by atoms with Crippen LogP contribution in [0, 0.1) is 0 Å². The van der Waals surface area contributed by atoms with Gasteiger partial charge in [0.15, 0.2) is 0 Å². The van der Waals surface area contributed by atoms with Crippen molar-refractivity contribution in [3.63, 3.8) is 0 Å². The summed E-state index contributed by atoms with van der Waals surface area (Å²) in [6.45, 7) is 1.94. The minimum Gasteiger partial charge on any atom is -0.508 e. The van der Waals surface area contributed by atoms with Gasteiger partial charge in [-0.3, -0.25) is 4.79 Å². The van der Waals surface area contributed by atoms with Crippen molar-refractivity contribution in [3.05, 3.63) is 64.7 Å². The number of phenols is 1. The maximum Gasteiger partial charge on any atom is 0.272 e. The number of aromatic hydroxyl groups is 1. The van der Waals surface area contributed by atoms with Gasteiger partial charge in [0.25, 0.3) is 5.91 Å². The van der Waals surface area contributed by atoms with Crippen molar-refractivity contribution >= 4 is 23.2 Å². The Balaban J connectivity index is 2.16. The molecular formula is C16H15ClN2O2. The first-order chi connectivity index (χ1) is 10.1. The van der Waals surface area contributed by atoms with Gasteiger partial charge in [-0.05, 0) is 48.4 Å². The lowest BCUT2D eigenvalue weighted by Crippen LogP contribution is -2.20. The number of halogens is 1. The zero-order valence-electron chi connectivity index (χ0n) is 11.5. The van der Waals surface area contributed by atoms with Crippen LogP contribution in [0.25, 0.3) is 0 Å². The van der Waals surface area contributed by atoms with E-state index in [0.29, 0.717) is 17.0 Å². The quantitative estimate of drug-likeness (QED) is 0.669. The molecule has 0 saturated heterocycles. The standard InChI is InChI=1S/C16H15ClN2O2/c1-2-15(11-7-9-12(20)10-8-11)18-19-16(21)13-5-3-4-6-14(13)17/h3-10,20H,2H2,1H3,(H,19,21). The van der Waals surface area contributed by atoms with Gasteiger partial charge < -0.3 is 5.11 Å². The summed E-state index contributed by atoms with van der Waals surface area (Å²) in [6.07, 6.45) is 0.646. The summed E-state index contributed by atoms with van der Waals surface area (Å²) < 4.78 is 0. The number of rotatable bonds is 4. The van der Waals surface area contributed by atoms with E-state index in [4.69, 9.17) is 11.6 Å². The lowest BCUT2D eigenvalue weighted by atomic mass is 10.1. The highest BCUT2D eigenvalue weighted by Crippen LogP contribution is 2.15. The first kappa shape index (κ1) is 15.1. The van der Waals surface area contributed by atoms with Crippen LogP contribution >= 0.6 is 11.6 Å². The summed E-state index contributed by atoms with van der Waals surface area (Å²) in [5.41, 5.74) is 4.45. The molecule has 0 spiro atoms. The molecule has 2 aromatic rings. The fourth-order valence-electron chi connectivity index (χ4n) is 1.83. The van der Waals surface area contributed by atoms with Crippen LogP contribution in [0.2, 0.25) is 5.02 Å². The number of nitrogens with one attached hydrogen (secondary N) is 1. The van der Waals surface area contributed by atoms with E-state index in [2.05, 4.69) is 10.5 Å². The Hall–Kier alpha value is -2.33. The average molecular weight is 303 g/mol. The second kappa shape index (κ2) is 6.90. The van der Waals surface area contributed by atoms with Crippen molar-refractivity contribution in [1.82, 2.24) is 5.43 Å². The van der Waals surface area contributed by atoms with E-state index in [9.17, 15) is 9.90 Å². The summed E-state index contributed by atoms with van der Waals surface area (Å²) in [5, 5.41) is 13.8. The number of carbonyl (C=O) groups is 1. The van der Waals surface area contributed by atoms with Crippen molar-refractivity contribution in [2.24, 2.45) is 5.10 Å². The number of hydrazone groups is 1. The van der Waals surface area contributed by atoms with Gasteiger partial charge in [0, 0.05) is 0 Å².